The summed E-state index contributed by atoms with van der Waals surface area (Å²) < 4.78 is 5.30. The van der Waals surface area contributed by atoms with E-state index in [9.17, 15) is 5.11 Å². The summed E-state index contributed by atoms with van der Waals surface area (Å²) in [4.78, 5) is 1.45. The van der Waals surface area contributed by atoms with Crippen LogP contribution in [0, 0.1) is 11.5 Å². The van der Waals surface area contributed by atoms with Gasteiger partial charge in [-0.25, -0.2) is 0 Å². The summed E-state index contributed by atoms with van der Waals surface area (Å²) in [6.07, 6.45) is 1.47. The third-order valence-electron chi connectivity index (χ3n) is 2.20. The predicted molar refractivity (Wildman–Crippen MR) is 66.5 cm³/mol. The molecule has 1 atom stereocenters. The lowest BCUT2D eigenvalue weighted by molar-refractivity contribution is 0.00967. The fraction of sp³-hybridized carbons (Fsp3) is 0.462. The quantitative estimate of drug-likeness (QED) is 0.602. The van der Waals surface area contributed by atoms with Gasteiger partial charge in [-0.05, 0) is 26.0 Å². The molecule has 0 aliphatic heterocycles. The maximum Gasteiger partial charge on any atom is 0.184 e. The third-order valence-corrected chi connectivity index (χ3v) is 2.20. The lowest BCUT2D eigenvalue weighted by atomic mass is 10.2. The van der Waals surface area contributed by atoms with Crippen LogP contribution in [0.3, 0.4) is 0 Å². The lowest BCUT2D eigenvalue weighted by Crippen LogP contribution is -2.32. The first-order chi connectivity index (χ1) is 8.13. The van der Waals surface area contributed by atoms with E-state index in [1.165, 1.54) is 4.90 Å². The molecule has 1 unspecified atom stereocenters. The van der Waals surface area contributed by atoms with Gasteiger partial charge in [0.25, 0.3) is 0 Å². The lowest BCUT2D eigenvalue weighted by Gasteiger charge is -2.20. The van der Waals surface area contributed by atoms with Gasteiger partial charge in [-0.2, -0.15) is 5.26 Å². The van der Waals surface area contributed by atoms with Gasteiger partial charge in [0.05, 0.1) is 31.0 Å². The first-order valence-corrected chi connectivity index (χ1v) is 5.65. The molecule has 0 radical (unpaired) electrons. The van der Waals surface area contributed by atoms with Crippen molar-refractivity contribution in [1.82, 2.24) is 0 Å². The highest BCUT2D eigenvalue weighted by atomic mass is 16.5. The van der Waals surface area contributed by atoms with Crippen LogP contribution < -0.4 is 4.90 Å². The molecule has 0 aliphatic carbocycles. The molecule has 17 heavy (non-hydrogen) atoms. The first kappa shape index (κ1) is 13.5. The Bertz CT molecular complexity index is 359. The second kappa shape index (κ2) is 6.89. The number of aliphatic hydroxyl groups is 1. The van der Waals surface area contributed by atoms with Crippen molar-refractivity contribution in [2.75, 3.05) is 18.1 Å². The zero-order valence-corrected chi connectivity index (χ0v) is 10.2. The molecule has 1 rings (SSSR count). The molecule has 0 spiro atoms. The van der Waals surface area contributed by atoms with Crippen molar-refractivity contribution in [3.63, 3.8) is 0 Å². The van der Waals surface area contributed by atoms with Crippen LogP contribution in [0.5, 0.6) is 0 Å². The van der Waals surface area contributed by atoms with Crippen LogP contribution in [0.25, 0.3) is 0 Å². The molecule has 1 aromatic carbocycles. The molecule has 92 valence electrons. The summed E-state index contributed by atoms with van der Waals surface area (Å²) in [6.45, 7) is 4.30. The standard InChI is InChI=1S/C13H18N2O2/c1-11(2)17-9-13(16)8-15(10-14)12-6-4-3-5-7-12/h3-7,11,13,16H,8-9H2,1-2H3. The molecule has 0 aromatic heterocycles. The van der Waals surface area contributed by atoms with E-state index in [2.05, 4.69) is 6.19 Å². The van der Waals surface area contributed by atoms with E-state index in [0.717, 1.165) is 5.69 Å². The Morgan fingerprint density at radius 1 is 1.35 bits per heavy atom. The Hall–Kier alpha value is -1.57. The Morgan fingerprint density at radius 3 is 2.53 bits per heavy atom. The van der Waals surface area contributed by atoms with E-state index < -0.39 is 6.10 Å². The topological polar surface area (TPSA) is 56.5 Å². The second-order valence-electron chi connectivity index (χ2n) is 4.08. The van der Waals surface area contributed by atoms with Crippen LogP contribution in [0.15, 0.2) is 30.3 Å². The van der Waals surface area contributed by atoms with Crippen LogP contribution in [0.4, 0.5) is 5.69 Å². The smallest absolute Gasteiger partial charge is 0.184 e. The molecule has 1 aromatic rings. The highest BCUT2D eigenvalue weighted by Gasteiger charge is 2.12. The average Bonchev–Trinajstić information content (AvgIpc) is 2.34. The molecule has 0 amide bonds. The zero-order valence-electron chi connectivity index (χ0n) is 10.2. The molecule has 0 saturated carbocycles. The van der Waals surface area contributed by atoms with Gasteiger partial charge in [-0.1, -0.05) is 18.2 Å². The molecule has 4 nitrogen and oxygen atoms in total. The largest absolute Gasteiger partial charge is 0.389 e. The van der Waals surface area contributed by atoms with Gasteiger partial charge in [0.15, 0.2) is 6.19 Å². The maximum atomic E-state index is 9.74. The van der Waals surface area contributed by atoms with Crippen LogP contribution >= 0.6 is 0 Å². The number of hydrogen-bond acceptors (Lipinski definition) is 4. The van der Waals surface area contributed by atoms with Crippen LogP contribution in [0.2, 0.25) is 0 Å². The average molecular weight is 234 g/mol. The number of nitrogens with zero attached hydrogens (tertiary/aromatic N) is 2. The molecule has 0 bridgehead atoms. The van der Waals surface area contributed by atoms with Crippen LogP contribution in [-0.2, 0) is 4.74 Å². The minimum atomic E-state index is -0.669. The summed E-state index contributed by atoms with van der Waals surface area (Å²) in [7, 11) is 0. The van der Waals surface area contributed by atoms with Gasteiger partial charge in [0.1, 0.15) is 0 Å². The number of nitriles is 1. The summed E-state index contributed by atoms with van der Waals surface area (Å²) in [6, 6.07) is 9.27. The Labute approximate surface area is 102 Å². The molecule has 0 saturated heterocycles. The van der Waals surface area contributed by atoms with Crippen molar-refractivity contribution in [3.8, 4) is 6.19 Å². The van der Waals surface area contributed by atoms with E-state index in [1.54, 1.807) is 0 Å². The Kier molecular flexibility index (Phi) is 5.47. The number of rotatable bonds is 6. The van der Waals surface area contributed by atoms with Crippen molar-refractivity contribution >= 4 is 5.69 Å². The highest BCUT2D eigenvalue weighted by molar-refractivity contribution is 5.49. The molecular formula is C13H18N2O2. The van der Waals surface area contributed by atoms with Crippen LogP contribution in [0.1, 0.15) is 13.8 Å². The molecule has 0 fully saturated rings. The summed E-state index contributed by atoms with van der Waals surface area (Å²) in [5.41, 5.74) is 0.776. The fourth-order valence-electron chi connectivity index (χ4n) is 1.38. The maximum absolute atomic E-state index is 9.74. The molecule has 0 aliphatic rings. The SMILES string of the molecule is CC(C)OCC(O)CN(C#N)c1ccccc1. The van der Waals surface area contributed by atoms with Gasteiger partial charge in [-0.3, -0.25) is 4.90 Å². The van der Waals surface area contributed by atoms with Gasteiger partial charge < -0.3 is 9.84 Å². The Morgan fingerprint density at radius 2 is 2.00 bits per heavy atom. The van der Waals surface area contributed by atoms with E-state index in [1.807, 2.05) is 44.2 Å². The highest BCUT2D eigenvalue weighted by Crippen LogP contribution is 2.12. The van der Waals surface area contributed by atoms with E-state index in [4.69, 9.17) is 10.00 Å². The number of aliphatic hydroxyl groups excluding tert-OH is 1. The van der Waals surface area contributed by atoms with Gasteiger partial charge in [0, 0.05) is 0 Å². The molecule has 0 heterocycles. The van der Waals surface area contributed by atoms with E-state index in [0.29, 0.717) is 0 Å². The summed E-state index contributed by atoms with van der Waals surface area (Å²) >= 11 is 0. The minimum absolute atomic E-state index is 0.0805. The summed E-state index contributed by atoms with van der Waals surface area (Å²) in [5, 5.41) is 18.8. The third kappa shape index (κ3) is 4.85. The number of benzene rings is 1. The molecule has 1 N–H and O–H groups in total. The monoisotopic (exact) mass is 234 g/mol. The Balaban J connectivity index is 2.51. The van der Waals surface area contributed by atoms with Crippen molar-refractivity contribution < 1.29 is 9.84 Å². The molecular weight excluding hydrogens is 216 g/mol. The minimum Gasteiger partial charge on any atom is -0.389 e. The van der Waals surface area contributed by atoms with Gasteiger partial charge in [-0.15, -0.1) is 0 Å². The first-order valence-electron chi connectivity index (χ1n) is 5.65. The van der Waals surface area contributed by atoms with Crippen molar-refractivity contribution in [2.24, 2.45) is 0 Å². The van der Waals surface area contributed by atoms with Crippen molar-refractivity contribution in [3.05, 3.63) is 30.3 Å². The normalized spacial score (nSPS) is 12.2. The van der Waals surface area contributed by atoms with Gasteiger partial charge in [0.2, 0.25) is 0 Å². The number of anilines is 1. The summed E-state index contributed by atoms with van der Waals surface area (Å²) in [5.74, 6) is 0. The van der Waals surface area contributed by atoms with Gasteiger partial charge >= 0.3 is 0 Å². The van der Waals surface area contributed by atoms with Crippen molar-refractivity contribution in [1.29, 1.82) is 5.26 Å². The number of para-hydroxylation sites is 1. The number of hydrogen-bond donors (Lipinski definition) is 1. The second-order valence-corrected chi connectivity index (χ2v) is 4.08. The van der Waals surface area contributed by atoms with E-state index in [-0.39, 0.29) is 19.3 Å². The molecule has 4 heteroatoms. The number of ether oxygens (including phenoxy) is 1. The van der Waals surface area contributed by atoms with Crippen molar-refractivity contribution in [2.45, 2.75) is 26.1 Å². The predicted octanol–water partition coefficient (Wildman–Crippen LogP) is 1.76. The van der Waals surface area contributed by atoms with E-state index >= 15 is 0 Å². The zero-order chi connectivity index (χ0) is 12.7. The van der Waals surface area contributed by atoms with Crippen LogP contribution in [-0.4, -0.2) is 30.5 Å². The fourth-order valence-corrected chi connectivity index (χ4v) is 1.38.